The Bertz CT molecular complexity index is 457. The second kappa shape index (κ2) is 6.14. The zero-order valence-corrected chi connectivity index (χ0v) is 12.8. The van der Waals surface area contributed by atoms with Gasteiger partial charge >= 0.3 is 0 Å². The summed E-state index contributed by atoms with van der Waals surface area (Å²) in [6, 6.07) is 0. The van der Waals surface area contributed by atoms with Crippen molar-refractivity contribution < 1.29 is 4.79 Å². The van der Waals surface area contributed by atoms with Crippen molar-refractivity contribution in [2.24, 2.45) is 5.41 Å². The molecule has 0 bridgehead atoms. The fraction of sp³-hybridized carbons (Fsp3) is 0.714. The summed E-state index contributed by atoms with van der Waals surface area (Å²) in [6.45, 7) is 6.87. The molecule has 0 unspecified atom stereocenters. The van der Waals surface area contributed by atoms with E-state index in [2.05, 4.69) is 10.4 Å². The van der Waals surface area contributed by atoms with Crippen LogP contribution in [0.2, 0.25) is 0 Å². The minimum atomic E-state index is 0. The number of hydrogen-bond acceptors (Lipinski definition) is 3. The summed E-state index contributed by atoms with van der Waals surface area (Å²) in [5.74, 6) is 0.139. The van der Waals surface area contributed by atoms with Crippen LogP contribution in [0.5, 0.6) is 0 Å². The third-order valence-corrected chi connectivity index (χ3v) is 4.65. The average molecular weight is 299 g/mol. The van der Waals surface area contributed by atoms with Crippen molar-refractivity contribution in [2.75, 3.05) is 26.2 Å². The number of nitrogens with one attached hydrogen (secondary N) is 1. The Balaban J connectivity index is 0.00000147. The first-order valence-corrected chi connectivity index (χ1v) is 7.25. The Kier molecular flexibility index (Phi) is 4.70. The Morgan fingerprint density at radius 1 is 1.40 bits per heavy atom. The van der Waals surface area contributed by atoms with E-state index < -0.39 is 0 Å². The van der Waals surface area contributed by atoms with Gasteiger partial charge in [0.1, 0.15) is 0 Å². The number of rotatable bonds is 2. The SMILES string of the molecule is CCn1cc(C(=O)N2CCC3(CCNC3)CC2)cn1.Cl. The zero-order chi connectivity index (χ0) is 13.3. The smallest absolute Gasteiger partial charge is 0.257 e. The van der Waals surface area contributed by atoms with Crippen molar-refractivity contribution in [3.8, 4) is 0 Å². The predicted molar refractivity (Wildman–Crippen MR) is 80.2 cm³/mol. The van der Waals surface area contributed by atoms with E-state index in [0.29, 0.717) is 5.41 Å². The van der Waals surface area contributed by atoms with Crippen LogP contribution in [-0.4, -0.2) is 46.8 Å². The first kappa shape index (κ1) is 15.3. The highest BCUT2D eigenvalue weighted by atomic mass is 35.5. The third kappa shape index (κ3) is 2.83. The summed E-state index contributed by atoms with van der Waals surface area (Å²) in [6.07, 6.45) is 7.07. The normalized spacial score (nSPS) is 20.9. The Morgan fingerprint density at radius 2 is 2.15 bits per heavy atom. The molecular formula is C14H23ClN4O. The van der Waals surface area contributed by atoms with Crippen LogP contribution in [-0.2, 0) is 6.54 Å². The van der Waals surface area contributed by atoms with Gasteiger partial charge in [0, 0.05) is 32.4 Å². The maximum Gasteiger partial charge on any atom is 0.257 e. The van der Waals surface area contributed by atoms with Gasteiger partial charge < -0.3 is 10.2 Å². The highest BCUT2D eigenvalue weighted by Crippen LogP contribution is 2.37. The van der Waals surface area contributed by atoms with Crippen molar-refractivity contribution >= 4 is 18.3 Å². The Morgan fingerprint density at radius 3 is 2.70 bits per heavy atom. The van der Waals surface area contributed by atoms with Gasteiger partial charge in [-0.2, -0.15) is 5.10 Å². The number of piperidine rings is 1. The van der Waals surface area contributed by atoms with Gasteiger partial charge in [-0.3, -0.25) is 9.48 Å². The molecule has 2 saturated heterocycles. The van der Waals surface area contributed by atoms with E-state index in [9.17, 15) is 4.79 Å². The van der Waals surface area contributed by atoms with Gasteiger partial charge in [0.05, 0.1) is 11.8 Å². The number of carbonyl (C=O) groups is 1. The minimum Gasteiger partial charge on any atom is -0.339 e. The lowest BCUT2D eigenvalue weighted by atomic mass is 9.78. The number of halogens is 1. The van der Waals surface area contributed by atoms with Crippen molar-refractivity contribution in [1.29, 1.82) is 0 Å². The standard InChI is InChI=1S/C14H22N4O.ClH/c1-2-18-10-12(9-16-18)13(19)17-7-4-14(5-8-17)3-6-15-11-14;/h9-10,15H,2-8,11H2,1H3;1H. The lowest BCUT2D eigenvalue weighted by molar-refractivity contribution is 0.0607. The molecule has 2 aliphatic heterocycles. The largest absolute Gasteiger partial charge is 0.339 e. The number of aryl methyl sites for hydroxylation is 1. The monoisotopic (exact) mass is 298 g/mol. The molecule has 2 fully saturated rings. The second-order valence-electron chi connectivity index (χ2n) is 5.80. The molecule has 3 heterocycles. The average Bonchev–Trinajstić information content (AvgIpc) is 3.08. The molecule has 5 nitrogen and oxygen atoms in total. The topological polar surface area (TPSA) is 50.2 Å². The summed E-state index contributed by atoms with van der Waals surface area (Å²) < 4.78 is 1.81. The summed E-state index contributed by atoms with van der Waals surface area (Å²) in [4.78, 5) is 14.4. The van der Waals surface area contributed by atoms with E-state index >= 15 is 0 Å². The van der Waals surface area contributed by atoms with Crippen LogP contribution in [0.25, 0.3) is 0 Å². The molecule has 1 aromatic heterocycles. The van der Waals surface area contributed by atoms with Gasteiger partial charge in [0.2, 0.25) is 0 Å². The van der Waals surface area contributed by atoms with E-state index in [4.69, 9.17) is 0 Å². The number of nitrogens with zero attached hydrogens (tertiary/aromatic N) is 3. The molecular weight excluding hydrogens is 276 g/mol. The van der Waals surface area contributed by atoms with Crippen LogP contribution >= 0.6 is 12.4 Å². The van der Waals surface area contributed by atoms with Gasteiger partial charge in [-0.15, -0.1) is 12.4 Å². The molecule has 1 aromatic rings. The molecule has 1 spiro atoms. The molecule has 6 heteroatoms. The molecule has 3 rings (SSSR count). The van der Waals surface area contributed by atoms with E-state index in [1.54, 1.807) is 10.9 Å². The molecule has 112 valence electrons. The fourth-order valence-electron chi connectivity index (χ4n) is 3.24. The molecule has 0 aromatic carbocycles. The van der Waals surface area contributed by atoms with Gasteiger partial charge in [0.25, 0.3) is 5.91 Å². The molecule has 2 aliphatic rings. The van der Waals surface area contributed by atoms with Crippen molar-refractivity contribution in [2.45, 2.75) is 32.7 Å². The van der Waals surface area contributed by atoms with Crippen molar-refractivity contribution in [1.82, 2.24) is 20.0 Å². The van der Waals surface area contributed by atoms with Crippen molar-refractivity contribution in [3.05, 3.63) is 18.0 Å². The van der Waals surface area contributed by atoms with E-state index in [0.717, 1.165) is 51.1 Å². The van der Waals surface area contributed by atoms with Crippen LogP contribution < -0.4 is 5.32 Å². The first-order valence-electron chi connectivity index (χ1n) is 7.25. The predicted octanol–water partition coefficient (Wildman–Crippen LogP) is 1.54. The Labute approximate surface area is 126 Å². The summed E-state index contributed by atoms with van der Waals surface area (Å²) in [7, 11) is 0. The van der Waals surface area contributed by atoms with Gasteiger partial charge in [-0.05, 0) is 38.1 Å². The fourth-order valence-corrected chi connectivity index (χ4v) is 3.24. The number of amides is 1. The Hall–Kier alpha value is -1.07. The molecule has 0 atom stereocenters. The quantitative estimate of drug-likeness (QED) is 0.901. The van der Waals surface area contributed by atoms with Gasteiger partial charge in [-0.1, -0.05) is 0 Å². The van der Waals surface area contributed by atoms with E-state index in [1.807, 2.05) is 18.0 Å². The summed E-state index contributed by atoms with van der Waals surface area (Å²) >= 11 is 0. The number of aromatic nitrogens is 2. The summed E-state index contributed by atoms with van der Waals surface area (Å²) in [5.41, 5.74) is 1.19. The van der Waals surface area contributed by atoms with Crippen LogP contribution in [0.15, 0.2) is 12.4 Å². The zero-order valence-electron chi connectivity index (χ0n) is 12.0. The molecule has 20 heavy (non-hydrogen) atoms. The van der Waals surface area contributed by atoms with Gasteiger partial charge in [0.15, 0.2) is 0 Å². The summed E-state index contributed by atoms with van der Waals surface area (Å²) in [5, 5.41) is 7.63. The van der Waals surface area contributed by atoms with Crippen LogP contribution in [0.3, 0.4) is 0 Å². The molecule has 0 radical (unpaired) electrons. The first-order chi connectivity index (χ1) is 9.22. The maximum atomic E-state index is 12.4. The number of carbonyl (C=O) groups excluding carboxylic acids is 1. The number of hydrogen-bond donors (Lipinski definition) is 1. The third-order valence-electron chi connectivity index (χ3n) is 4.65. The molecule has 0 saturated carbocycles. The number of likely N-dealkylation sites (tertiary alicyclic amines) is 1. The van der Waals surface area contributed by atoms with Crippen LogP contribution in [0.1, 0.15) is 36.5 Å². The van der Waals surface area contributed by atoms with Gasteiger partial charge in [-0.25, -0.2) is 0 Å². The van der Waals surface area contributed by atoms with Crippen LogP contribution in [0, 0.1) is 5.41 Å². The minimum absolute atomic E-state index is 0. The van der Waals surface area contributed by atoms with Crippen LogP contribution in [0.4, 0.5) is 0 Å². The van der Waals surface area contributed by atoms with E-state index in [1.165, 1.54) is 6.42 Å². The highest BCUT2D eigenvalue weighted by Gasteiger charge is 2.38. The molecule has 1 amide bonds. The highest BCUT2D eigenvalue weighted by molar-refractivity contribution is 5.93. The maximum absolute atomic E-state index is 12.4. The molecule has 0 aliphatic carbocycles. The van der Waals surface area contributed by atoms with Crippen molar-refractivity contribution in [3.63, 3.8) is 0 Å². The lowest BCUT2D eigenvalue weighted by Gasteiger charge is -2.38. The lowest BCUT2D eigenvalue weighted by Crippen LogP contribution is -2.43. The molecule has 1 N–H and O–H groups in total. The van der Waals surface area contributed by atoms with E-state index in [-0.39, 0.29) is 18.3 Å². The second-order valence-corrected chi connectivity index (χ2v) is 5.80.